The summed E-state index contributed by atoms with van der Waals surface area (Å²) in [7, 11) is 5.79. The molecule has 1 N–H and O–H groups in total. The van der Waals surface area contributed by atoms with E-state index in [1.165, 1.54) is 0 Å². The van der Waals surface area contributed by atoms with Crippen LogP contribution < -0.4 is 10.1 Å². The number of anilines is 1. The molecule has 0 spiro atoms. The summed E-state index contributed by atoms with van der Waals surface area (Å²) >= 11 is 0. The number of hydrogen-bond acceptors (Lipinski definition) is 5. The lowest BCUT2D eigenvalue weighted by atomic mass is 10.0. The summed E-state index contributed by atoms with van der Waals surface area (Å²) in [4.78, 5) is 6.60. The highest BCUT2D eigenvalue weighted by molar-refractivity contribution is 5.74. The zero-order valence-corrected chi connectivity index (χ0v) is 13.6. The molecule has 3 rings (SSSR count). The Bertz CT molecular complexity index is 750. The summed E-state index contributed by atoms with van der Waals surface area (Å²) in [6.45, 7) is 0.667. The van der Waals surface area contributed by atoms with Gasteiger partial charge in [-0.3, -0.25) is 0 Å². The number of oxazole rings is 1. The Morgan fingerprint density at radius 1 is 1.13 bits per heavy atom. The molecule has 120 valence electrons. The maximum Gasteiger partial charge on any atom is 0.295 e. The van der Waals surface area contributed by atoms with Gasteiger partial charge in [0.25, 0.3) is 6.01 Å². The quantitative estimate of drug-likeness (QED) is 0.754. The maximum atomic E-state index is 5.72. The Morgan fingerprint density at radius 2 is 1.87 bits per heavy atom. The first-order chi connectivity index (χ1) is 11.2. The largest absolute Gasteiger partial charge is 0.496 e. The van der Waals surface area contributed by atoms with Crippen molar-refractivity contribution in [3.63, 3.8) is 0 Å². The molecule has 0 aliphatic heterocycles. The summed E-state index contributed by atoms with van der Waals surface area (Å²) in [5, 5.41) is 3.29. The smallest absolute Gasteiger partial charge is 0.295 e. The van der Waals surface area contributed by atoms with E-state index < -0.39 is 0 Å². The minimum Gasteiger partial charge on any atom is -0.496 e. The van der Waals surface area contributed by atoms with Gasteiger partial charge in [0.05, 0.1) is 13.2 Å². The van der Waals surface area contributed by atoms with Crippen molar-refractivity contribution in [2.75, 3.05) is 33.1 Å². The number of likely N-dealkylation sites (N-methyl/N-ethyl adjacent to an activating group) is 1. The number of nitrogens with zero attached hydrogens (tertiary/aromatic N) is 2. The molecule has 0 aliphatic carbocycles. The molecule has 5 nitrogen and oxygen atoms in total. The van der Waals surface area contributed by atoms with Crippen molar-refractivity contribution < 1.29 is 9.15 Å². The van der Waals surface area contributed by atoms with E-state index in [9.17, 15) is 0 Å². The van der Waals surface area contributed by atoms with Crippen LogP contribution in [0, 0.1) is 0 Å². The molecule has 0 aliphatic rings. The van der Waals surface area contributed by atoms with E-state index in [1.54, 1.807) is 7.11 Å². The molecule has 0 radical (unpaired) electrons. The fourth-order valence-electron chi connectivity index (χ4n) is 2.64. The second-order valence-electron chi connectivity index (χ2n) is 5.59. The second-order valence-corrected chi connectivity index (χ2v) is 5.59. The van der Waals surface area contributed by atoms with E-state index in [1.807, 2.05) is 56.6 Å². The predicted octanol–water partition coefficient (Wildman–Crippen LogP) is 3.55. The number of ether oxygens (including phenoxy) is 1. The van der Waals surface area contributed by atoms with Gasteiger partial charge in [-0.25, -0.2) is 0 Å². The average Bonchev–Trinajstić information content (AvgIpc) is 2.98. The number of aromatic nitrogens is 1. The van der Waals surface area contributed by atoms with Crippen molar-refractivity contribution in [3.8, 4) is 5.75 Å². The highest BCUT2D eigenvalue weighted by atomic mass is 16.5. The van der Waals surface area contributed by atoms with Crippen LogP contribution in [0.5, 0.6) is 5.75 Å². The van der Waals surface area contributed by atoms with Gasteiger partial charge >= 0.3 is 0 Å². The number of fused-ring (bicyclic) bond motifs is 1. The summed E-state index contributed by atoms with van der Waals surface area (Å²) in [6, 6.07) is 16.5. The van der Waals surface area contributed by atoms with Crippen LogP contribution in [-0.4, -0.2) is 37.6 Å². The minimum absolute atomic E-state index is 0.140. The monoisotopic (exact) mass is 311 g/mol. The number of benzene rings is 2. The van der Waals surface area contributed by atoms with E-state index in [4.69, 9.17) is 9.15 Å². The predicted molar refractivity (Wildman–Crippen MR) is 91.9 cm³/mol. The third-order valence-corrected chi connectivity index (χ3v) is 3.86. The topological polar surface area (TPSA) is 50.5 Å². The van der Waals surface area contributed by atoms with Gasteiger partial charge < -0.3 is 19.4 Å². The zero-order valence-electron chi connectivity index (χ0n) is 13.6. The maximum absolute atomic E-state index is 5.72. The number of rotatable bonds is 6. The van der Waals surface area contributed by atoms with Gasteiger partial charge in [-0.1, -0.05) is 30.3 Å². The first-order valence-electron chi connectivity index (χ1n) is 7.58. The lowest BCUT2D eigenvalue weighted by Crippen LogP contribution is -2.27. The van der Waals surface area contributed by atoms with Crippen molar-refractivity contribution in [1.82, 2.24) is 9.88 Å². The number of hydrogen-bond donors (Lipinski definition) is 1. The third-order valence-electron chi connectivity index (χ3n) is 3.86. The minimum atomic E-state index is 0.140. The van der Waals surface area contributed by atoms with Gasteiger partial charge in [-0.15, -0.1) is 0 Å². The van der Waals surface area contributed by atoms with Crippen molar-refractivity contribution in [2.45, 2.75) is 6.04 Å². The molecule has 23 heavy (non-hydrogen) atoms. The van der Waals surface area contributed by atoms with Crippen molar-refractivity contribution >= 4 is 17.1 Å². The molecular weight excluding hydrogens is 290 g/mol. The standard InChI is InChI=1S/C18H21N3O2/c1-21(2)15(13-8-4-6-10-16(13)22-3)12-19-18-20-14-9-5-7-11-17(14)23-18/h4-11,15H,12H2,1-3H3,(H,19,20)/t15-/m0/s1. The van der Waals surface area contributed by atoms with Crippen LogP contribution in [-0.2, 0) is 0 Å². The van der Waals surface area contributed by atoms with Crippen LogP contribution in [0.4, 0.5) is 6.01 Å². The Morgan fingerprint density at radius 3 is 2.61 bits per heavy atom. The average molecular weight is 311 g/mol. The highest BCUT2D eigenvalue weighted by Crippen LogP contribution is 2.28. The van der Waals surface area contributed by atoms with Gasteiger partial charge in [0.15, 0.2) is 5.58 Å². The zero-order chi connectivity index (χ0) is 16.2. The Balaban J connectivity index is 1.80. The molecule has 0 saturated carbocycles. The molecule has 5 heteroatoms. The Kier molecular flexibility index (Phi) is 4.48. The fourth-order valence-corrected chi connectivity index (χ4v) is 2.64. The van der Waals surface area contributed by atoms with Gasteiger partial charge in [-0.2, -0.15) is 4.98 Å². The number of nitrogens with one attached hydrogen (secondary N) is 1. The van der Waals surface area contributed by atoms with Gasteiger partial charge in [0.1, 0.15) is 11.3 Å². The van der Waals surface area contributed by atoms with Crippen LogP contribution in [0.15, 0.2) is 52.9 Å². The number of para-hydroxylation sites is 3. The van der Waals surface area contributed by atoms with E-state index in [2.05, 4.69) is 21.3 Å². The van der Waals surface area contributed by atoms with Crippen LogP contribution >= 0.6 is 0 Å². The van der Waals surface area contributed by atoms with Crippen molar-refractivity contribution in [2.24, 2.45) is 0 Å². The Hall–Kier alpha value is -2.53. The van der Waals surface area contributed by atoms with Gasteiger partial charge in [-0.05, 0) is 32.3 Å². The molecule has 0 saturated heterocycles. The van der Waals surface area contributed by atoms with E-state index >= 15 is 0 Å². The second kappa shape index (κ2) is 6.71. The first-order valence-corrected chi connectivity index (χ1v) is 7.58. The molecule has 3 aromatic rings. The molecule has 0 bridgehead atoms. The van der Waals surface area contributed by atoms with Gasteiger partial charge in [0.2, 0.25) is 0 Å². The summed E-state index contributed by atoms with van der Waals surface area (Å²) in [5.41, 5.74) is 2.77. The lowest BCUT2D eigenvalue weighted by molar-refractivity contribution is 0.298. The number of methoxy groups -OCH3 is 1. The van der Waals surface area contributed by atoms with Crippen LogP contribution in [0.1, 0.15) is 11.6 Å². The summed E-state index contributed by atoms with van der Waals surface area (Å²) in [6.07, 6.45) is 0. The highest BCUT2D eigenvalue weighted by Gasteiger charge is 2.18. The lowest BCUT2D eigenvalue weighted by Gasteiger charge is -2.26. The van der Waals surface area contributed by atoms with E-state index in [0.29, 0.717) is 12.6 Å². The molecule has 1 heterocycles. The third kappa shape index (κ3) is 3.29. The molecule has 0 fully saturated rings. The van der Waals surface area contributed by atoms with Crippen LogP contribution in [0.25, 0.3) is 11.1 Å². The van der Waals surface area contributed by atoms with Gasteiger partial charge in [0, 0.05) is 12.1 Å². The van der Waals surface area contributed by atoms with E-state index in [0.717, 1.165) is 22.4 Å². The molecule has 0 amide bonds. The van der Waals surface area contributed by atoms with Crippen LogP contribution in [0.2, 0.25) is 0 Å². The van der Waals surface area contributed by atoms with Crippen LogP contribution in [0.3, 0.4) is 0 Å². The van der Waals surface area contributed by atoms with Crippen molar-refractivity contribution in [1.29, 1.82) is 0 Å². The first kappa shape index (κ1) is 15.4. The SMILES string of the molecule is COc1ccccc1[C@H](CNc1nc2ccccc2o1)N(C)C. The summed E-state index contributed by atoms with van der Waals surface area (Å²) in [5.74, 6) is 0.880. The molecule has 1 aromatic heterocycles. The molecular formula is C18H21N3O2. The molecule has 1 atom stereocenters. The molecule has 0 unspecified atom stereocenters. The van der Waals surface area contributed by atoms with Crippen molar-refractivity contribution in [3.05, 3.63) is 54.1 Å². The molecule has 2 aromatic carbocycles. The fraction of sp³-hybridized carbons (Fsp3) is 0.278. The Labute approximate surface area is 135 Å². The summed E-state index contributed by atoms with van der Waals surface area (Å²) < 4.78 is 11.2. The normalized spacial score (nSPS) is 12.5. The van der Waals surface area contributed by atoms with E-state index in [-0.39, 0.29) is 6.04 Å².